The van der Waals surface area contributed by atoms with E-state index >= 15 is 0 Å². The van der Waals surface area contributed by atoms with Crippen molar-refractivity contribution in [1.82, 2.24) is 0 Å². The molecule has 0 saturated carbocycles. The molecule has 16 nitrogen and oxygen atoms in total. The van der Waals surface area contributed by atoms with Crippen molar-refractivity contribution in [3.63, 3.8) is 0 Å². The van der Waals surface area contributed by atoms with Crippen LogP contribution in [0.25, 0.3) is 0 Å². The lowest BCUT2D eigenvalue weighted by molar-refractivity contribution is -0.277. The third-order valence-corrected chi connectivity index (χ3v) is 8.04. The Morgan fingerprint density at radius 1 is 0.542 bits per heavy atom. The van der Waals surface area contributed by atoms with E-state index < -0.39 is 74.6 Å². The minimum atomic E-state index is -1.55. The van der Waals surface area contributed by atoms with Gasteiger partial charge in [0.1, 0.15) is 60.3 Å². The van der Waals surface area contributed by atoms with Gasteiger partial charge in [-0.05, 0) is 61.4 Å². The highest BCUT2D eigenvalue weighted by Crippen LogP contribution is 2.27. The molecule has 2 saturated heterocycles. The van der Waals surface area contributed by atoms with E-state index in [0.29, 0.717) is 24.2 Å². The van der Waals surface area contributed by atoms with E-state index in [0.717, 1.165) is 12.8 Å². The Bertz CT molecular complexity index is 1200. The zero-order chi connectivity index (χ0) is 34.8. The maximum atomic E-state index is 12.4. The van der Waals surface area contributed by atoms with Crippen molar-refractivity contribution in [2.45, 2.75) is 99.9 Å². The molecule has 0 aromatic heterocycles. The number of rotatable bonds is 15. The second-order valence-electron chi connectivity index (χ2n) is 11.7. The van der Waals surface area contributed by atoms with E-state index in [2.05, 4.69) is 10.6 Å². The fourth-order valence-corrected chi connectivity index (χ4v) is 5.20. The summed E-state index contributed by atoms with van der Waals surface area (Å²) in [6.07, 6.45) is -10.6. The second-order valence-corrected chi connectivity index (χ2v) is 11.7. The van der Waals surface area contributed by atoms with Gasteiger partial charge >= 0.3 is 0 Å². The van der Waals surface area contributed by atoms with Crippen molar-refractivity contribution in [2.75, 3.05) is 23.8 Å². The first-order valence-electron chi connectivity index (χ1n) is 15.7. The van der Waals surface area contributed by atoms with Gasteiger partial charge in [-0.15, -0.1) is 0 Å². The molecule has 0 aliphatic carbocycles. The van der Waals surface area contributed by atoms with Crippen molar-refractivity contribution in [3.8, 4) is 11.5 Å². The Balaban J connectivity index is 1.08. The van der Waals surface area contributed by atoms with Crippen LogP contribution in [0.4, 0.5) is 11.4 Å². The number of benzene rings is 2. The average molecular weight is 681 g/mol. The summed E-state index contributed by atoms with van der Waals surface area (Å²) in [4.78, 5) is 24.7. The molecule has 2 aromatic carbocycles. The van der Waals surface area contributed by atoms with E-state index in [1.54, 1.807) is 24.3 Å². The molecule has 10 atom stereocenters. The molecule has 0 radical (unpaired) electrons. The van der Waals surface area contributed by atoms with Gasteiger partial charge in [-0.25, -0.2) is 0 Å². The number of ether oxygens (including phenoxy) is 4. The molecule has 16 heteroatoms. The first-order valence-corrected chi connectivity index (χ1v) is 15.7. The SMILES string of the molecule is O=C(CCCCCCC(=O)Nc1ccc(O[C@H]2O[C@H](CO)[C@@H](O)[C@H](O)[C@@H]2O)cc1)Nc1ccc(O[C@H]2O[C@H](CO)[C@@H](O)[C@H](O)[C@@H]2O)cc1. The van der Waals surface area contributed by atoms with Crippen LogP contribution in [0.3, 0.4) is 0 Å². The quantitative estimate of drug-likeness (QED) is 0.101. The van der Waals surface area contributed by atoms with Gasteiger partial charge in [0, 0.05) is 24.2 Å². The average Bonchev–Trinajstić information content (AvgIpc) is 3.08. The van der Waals surface area contributed by atoms with E-state index in [-0.39, 0.29) is 36.2 Å². The van der Waals surface area contributed by atoms with Crippen molar-refractivity contribution >= 4 is 23.2 Å². The predicted octanol–water partition coefficient (Wildman–Crippen LogP) is -1.04. The summed E-state index contributed by atoms with van der Waals surface area (Å²) >= 11 is 0. The lowest BCUT2D eigenvalue weighted by Gasteiger charge is -2.39. The summed E-state index contributed by atoms with van der Waals surface area (Å²) in [7, 11) is 0. The van der Waals surface area contributed by atoms with Crippen LogP contribution < -0.4 is 20.1 Å². The third kappa shape index (κ3) is 10.1. The molecule has 2 aliphatic rings. The summed E-state index contributed by atoms with van der Waals surface area (Å²) in [6.45, 7) is -1.14. The number of anilines is 2. The number of aliphatic hydroxyl groups is 8. The molecule has 266 valence electrons. The lowest BCUT2D eigenvalue weighted by Crippen LogP contribution is -2.60. The molecule has 2 aliphatic heterocycles. The van der Waals surface area contributed by atoms with E-state index in [4.69, 9.17) is 18.9 Å². The van der Waals surface area contributed by atoms with Crippen LogP contribution in [0.15, 0.2) is 48.5 Å². The van der Waals surface area contributed by atoms with Crippen molar-refractivity contribution in [3.05, 3.63) is 48.5 Å². The summed E-state index contributed by atoms with van der Waals surface area (Å²) < 4.78 is 21.7. The molecule has 2 aromatic rings. The molecule has 48 heavy (non-hydrogen) atoms. The van der Waals surface area contributed by atoms with Crippen LogP contribution >= 0.6 is 0 Å². The highest BCUT2D eigenvalue weighted by molar-refractivity contribution is 5.91. The smallest absolute Gasteiger partial charge is 0.229 e. The monoisotopic (exact) mass is 680 g/mol. The molecule has 0 unspecified atom stereocenters. The highest BCUT2D eigenvalue weighted by atomic mass is 16.7. The van der Waals surface area contributed by atoms with Crippen LogP contribution in [0.5, 0.6) is 11.5 Å². The Kier molecular flexibility index (Phi) is 13.9. The van der Waals surface area contributed by atoms with Crippen LogP contribution in [0.2, 0.25) is 0 Å². The van der Waals surface area contributed by atoms with E-state index in [9.17, 15) is 50.4 Å². The normalized spacial score (nSPS) is 30.3. The van der Waals surface area contributed by atoms with Crippen LogP contribution in [-0.4, -0.2) is 127 Å². The van der Waals surface area contributed by atoms with Crippen LogP contribution in [-0.2, 0) is 19.1 Å². The maximum absolute atomic E-state index is 12.4. The number of amides is 2. The Hall–Kier alpha value is -3.42. The number of carbonyl (C=O) groups is 2. The molecule has 10 N–H and O–H groups in total. The lowest BCUT2D eigenvalue weighted by atomic mass is 9.99. The van der Waals surface area contributed by atoms with Crippen LogP contribution in [0.1, 0.15) is 38.5 Å². The number of unbranched alkanes of at least 4 members (excludes halogenated alkanes) is 3. The number of carbonyl (C=O) groups excluding carboxylic acids is 2. The topological polar surface area (TPSA) is 257 Å². The first-order chi connectivity index (χ1) is 23.0. The molecule has 2 amide bonds. The summed E-state index contributed by atoms with van der Waals surface area (Å²) in [5.74, 6) is 0.182. The van der Waals surface area contributed by atoms with Gasteiger partial charge in [0.2, 0.25) is 24.4 Å². The molecular weight excluding hydrogens is 636 g/mol. The van der Waals surface area contributed by atoms with E-state index in [1.807, 2.05) is 0 Å². The van der Waals surface area contributed by atoms with Crippen molar-refractivity contribution < 1.29 is 69.4 Å². The Labute approximate surface area is 276 Å². The van der Waals surface area contributed by atoms with Gasteiger partial charge in [0.15, 0.2) is 0 Å². The summed E-state index contributed by atoms with van der Waals surface area (Å²) in [6, 6.07) is 12.5. The van der Waals surface area contributed by atoms with Gasteiger partial charge in [-0.2, -0.15) is 0 Å². The predicted molar refractivity (Wildman–Crippen MR) is 167 cm³/mol. The Morgan fingerprint density at radius 2 is 0.896 bits per heavy atom. The van der Waals surface area contributed by atoms with E-state index in [1.165, 1.54) is 24.3 Å². The van der Waals surface area contributed by atoms with Gasteiger partial charge in [-0.3, -0.25) is 9.59 Å². The minimum absolute atomic E-state index is 0.186. The molecule has 4 rings (SSSR count). The fourth-order valence-electron chi connectivity index (χ4n) is 5.20. The van der Waals surface area contributed by atoms with Crippen molar-refractivity contribution in [1.29, 1.82) is 0 Å². The summed E-state index contributed by atoms with van der Waals surface area (Å²) in [5.41, 5.74) is 1.04. The first kappa shape index (κ1) is 37.4. The molecule has 0 bridgehead atoms. The zero-order valence-electron chi connectivity index (χ0n) is 26.1. The minimum Gasteiger partial charge on any atom is -0.462 e. The van der Waals surface area contributed by atoms with Crippen LogP contribution in [0, 0.1) is 0 Å². The molecule has 0 spiro atoms. The number of hydrogen-bond acceptors (Lipinski definition) is 14. The third-order valence-electron chi connectivity index (χ3n) is 8.04. The Morgan fingerprint density at radius 3 is 1.23 bits per heavy atom. The number of nitrogens with one attached hydrogen (secondary N) is 2. The highest BCUT2D eigenvalue weighted by Gasteiger charge is 2.45. The largest absolute Gasteiger partial charge is 0.462 e. The summed E-state index contributed by atoms with van der Waals surface area (Å²) in [5, 5.41) is 83.9. The van der Waals surface area contributed by atoms with Gasteiger partial charge in [-0.1, -0.05) is 12.8 Å². The maximum Gasteiger partial charge on any atom is 0.229 e. The zero-order valence-corrected chi connectivity index (χ0v) is 26.1. The van der Waals surface area contributed by atoms with Gasteiger partial charge in [0.05, 0.1) is 13.2 Å². The molecular formula is C32H44N2O14. The number of aliphatic hydroxyl groups excluding tert-OH is 8. The van der Waals surface area contributed by atoms with Gasteiger partial charge in [0.25, 0.3) is 0 Å². The standard InChI is InChI=1S/C32H44N2O14/c35-15-21-25(39)27(41)29(43)31(47-21)45-19-11-7-17(8-12-19)33-23(37)5-3-1-2-4-6-24(38)34-18-9-13-20(14-10-18)46-32-30(44)28(42)26(40)22(16-36)48-32/h7-14,21-22,25-32,35-36,39-44H,1-6,15-16H2,(H,33,37)(H,34,38)/t21-,22-,25-,26-,27+,28+,29+,30+,31+,32+/m1/s1. The fraction of sp³-hybridized carbons (Fsp3) is 0.562. The van der Waals surface area contributed by atoms with Crippen molar-refractivity contribution in [2.24, 2.45) is 0 Å². The van der Waals surface area contributed by atoms with Gasteiger partial charge < -0.3 is 70.4 Å². The number of hydrogen-bond donors (Lipinski definition) is 10. The second kappa shape index (κ2) is 17.8. The molecule has 2 heterocycles. The molecule has 2 fully saturated rings.